The maximum atomic E-state index is 13.0. The third-order valence-corrected chi connectivity index (χ3v) is 4.63. The highest BCUT2D eigenvalue weighted by Crippen LogP contribution is 2.16. The van der Waals surface area contributed by atoms with Crippen molar-refractivity contribution in [1.29, 1.82) is 0 Å². The van der Waals surface area contributed by atoms with Gasteiger partial charge in [0, 0.05) is 18.1 Å². The van der Waals surface area contributed by atoms with Crippen LogP contribution in [0.1, 0.15) is 37.0 Å². The number of hydrogen-bond acceptors (Lipinski definition) is 2. The van der Waals surface area contributed by atoms with Crippen LogP contribution >= 0.6 is 11.6 Å². The van der Waals surface area contributed by atoms with Crippen LogP contribution in [0.4, 0.5) is 0 Å². The zero-order valence-electron chi connectivity index (χ0n) is 16.2. The summed E-state index contributed by atoms with van der Waals surface area (Å²) < 4.78 is 0. The van der Waals surface area contributed by atoms with Crippen LogP contribution in [-0.2, 0) is 22.6 Å². The Hall–Kier alpha value is -2.33. The van der Waals surface area contributed by atoms with Gasteiger partial charge in [-0.2, -0.15) is 0 Å². The third-order valence-electron chi connectivity index (χ3n) is 4.40. The molecule has 27 heavy (non-hydrogen) atoms. The van der Waals surface area contributed by atoms with E-state index < -0.39 is 6.04 Å². The molecule has 2 aromatic rings. The smallest absolute Gasteiger partial charge is 0.242 e. The van der Waals surface area contributed by atoms with Gasteiger partial charge in [0.05, 0.1) is 6.42 Å². The monoisotopic (exact) mass is 386 g/mol. The first-order valence-corrected chi connectivity index (χ1v) is 9.65. The van der Waals surface area contributed by atoms with E-state index in [-0.39, 0.29) is 18.2 Å². The largest absolute Gasteiger partial charge is 0.354 e. The molecule has 0 unspecified atom stereocenters. The molecule has 0 spiro atoms. The second-order valence-electron chi connectivity index (χ2n) is 6.78. The molecule has 0 aromatic heterocycles. The Bertz CT molecular complexity index is 791. The van der Waals surface area contributed by atoms with Crippen molar-refractivity contribution in [1.82, 2.24) is 10.2 Å². The maximum absolute atomic E-state index is 13.0. The number of nitrogens with one attached hydrogen (secondary N) is 1. The summed E-state index contributed by atoms with van der Waals surface area (Å²) in [5, 5.41) is 3.48. The molecule has 0 saturated carbocycles. The number of rotatable bonds is 8. The highest BCUT2D eigenvalue weighted by molar-refractivity contribution is 6.30. The molecule has 0 fully saturated rings. The molecule has 0 heterocycles. The number of hydrogen-bond donors (Lipinski definition) is 1. The number of halogens is 1. The number of amides is 2. The molecule has 0 aliphatic carbocycles. The molecule has 0 aliphatic rings. The molecule has 2 amide bonds. The van der Waals surface area contributed by atoms with E-state index in [4.69, 9.17) is 11.6 Å². The van der Waals surface area contributed by atoms with Crippen LogP contribution in [0.5, 0.6) is 0 Å². The molecular weight excluding hydrogens is 360 g/mol. The summed E-state index contributed by atoms with van der Waals surface area (Å²) in [5.74, 6) is -0.234. The fourth-order valence-electron chi connectivity index (χ4n) is 2.91. The molecule has 4 nitrogen and oxygen atoms in total. The Labute approximate surface area is 166 Å². The first-order valence-electron chi connectivity index (χ1n) is 9.28. The van der Waals surface area contributed by atoms with Crippen LogP contribution < -0.4 is 5.32 Å². The standard InChI is InChI=1S/C22H27ClN2O2/c1-4-11-24-22(27)17(3)25(15-19-9-5-7-16(2)12-19)21(26)14-18-8-6-10-20(23)13-18/h5-10,12-13,17H,4,11,14-15H2,1-3H3,(H,24,27)/t17-/m0/s1. The van der Waals surface area contributed by atoms with Crippen LogP contribution in [0.2, 0.25) is 5.02 Å². The lowest BCUT2D eigenvalue weighted by Gasteiger charge is -2.29. The minimum absolute atomic E-state index is 0.0991. The highest BCUT2D eigenvalue weighted by Gasteiger charge is 2.26. The van der Waals surface area contributed by atoms with Crippen molar-refractivity contribution >= 4 is 23.4 Å². The van der Waals surface area contributed by atoms with Crippen LogP contribution in [0, 0.1) is 6.92 Å². The maximum Gasteiger partial charge on any atom is 0.242 e. The van der Waals surface area contributed by atoms with Gasteiger partial charge in [-0.15, -0.1) is 0 Å². The number of nitrogens with zero attached hydrogens (tertiary/aromatic N) is 1. The SMILES string of the molecule is CCCNC(=O)[C@H](C)N(Cc1cccc(C)c1)C(=O)Cc1cccc(Cl)c1. The van der Waals surface area contributed by atoms with Gasteiger partial charge in [-0.05, 0) is 43.5 Å². The molecule has 5 heteroatoms. The molecule has 2 aromatic carbocycles. The van der Waals surface area contributed by atoms with Gasteiger partial charge in [-0.3, -0.25) is 9.59 Å². The van der Waals surface area contributed by atoms with Gasteiger partial charge in [0.15, 0.2) is 0 Å². The van der Waals surface area contributed by atoms with Crippen molar-refractivity contribution in [2.45, 2.75) is 46.2 Å². The highest BCUT2D eigenvalue weighted by atomic mass is 35.5. The van der Waals surface area contributed by atoms with E-state index >= 15 is 0 Å². The van der Waals surface area contributed by atoms with E-state index in [1.807, 2.05) is 50.2 Å². The van der Waals surface area contributed by atoms with E-state index in [9.17, 15) is 9.59 Å². The zero-order chi connectivity index (χ0) is 19.8. The van der Waals surface area contributed by atoms with Crippen molar-refractivity contribution in [3.8, 4) is 0 Å². The topological polar surface area (TPSA) is 49.4 Å². The van der Waals surface area contributed by atoms with Crippen LogP contribution in [0.15, 0.2) is 48.5 Å². The minimum atomic E-state index is -0.552. The van der Waals surface area contributed by atoms with Crippen LogP contribution in [0.25, 0.3) is 0 Å². The Morgan fingerprint density at radius 1 is 1.11 bits per heavy atom. The lowest BCUT2D eigenvalue weighted by atomic mass is 10.1. The summed E-state index contributed by atoms with van der Waals surface area (Å²) in [5.41, 5.74) is 2.96. The molecule has 0 radical (unpaired) electrons. The number of carbonyl (C=O) groups excluding carboxylic acids is 2. The van der Waals surface area contributed by atoms with Gasteiger partial charge < -0.3 is 10.2 Å². The van der Waals surface area contributed by atoms with Gasteiger partial charge in [0.25, 0.3) is 0 Å². The summed E-state index contributed by atoms with van der Waals surface area (Å²) >= 11 is 6.04. The van der Waals surface area contributed by atoms with Gasteiger partial charge in [-0.25, -0.2) is 0 Å². The molecule has 0 aliphatic heterocycles. The summed E-state index contributed by atoms with van der Waals surface area (Å²) in [7, 11) is 0. The summed E-state index contributed by atoms with van der Waals surface area (Å²) in [6, 6.07) is 14.7. The molecule has 0 bridgehead atoms. The first-order chi connectivity index (χ1) is 12.9. The second-order valence-corrected chi connectivity index (χ2v) is 7.22. The van der Waals surface area contributed by atoms with Crippen LogP contribution in [0.3, 0.4) is 0 Å². The molecule has 144 valence electrons. The van der Waals surface area contributed by atoms with Gasteiger partial charge in [0.1, 0.15) is 6.04 Å². The average Bonchev–Trinajstić information content (AvgIpc) is 2.63. The summed E-state index contributed by atoms with van der Waals surface area (Å²) in [6.07, 6.45) is 1.06. The minimum Gasteiger partial charge on any atom is -0.354 e. The molecule has 1 N–H and O–H groups in total. The Kier molecular flexibility index (Phi) is 7.86. The fraction of sp³-hybridized carbons (Fsp3) is 0.364. The normalized spacial score (nSPS) is 11.7. The number of aryl methyl sites for hydroxylation is 1. The van der Waals surface area contributed by atoms with E-state index in [2.05, 4.69) is 5.32 Å². The quantitative estimate of drug-likeness (QED) is 0.741. The second kappa shape index (κ2) is 10.1. The van der Waals surface area contributed by atoms with Crippen molar-refractivity contribution in [2.75, 3.05) is 6.54 Å². The van der Waals surface area contributed by atoms with Gasteiger partial charge in [0.2, 0.25) is 11.8 Å². The third kappa shape index (κ3) is 6.40. The van der Waals surface area contributed by atoms with E-state index in [1.165, 1.54) is 0 Å². The van der Waals surface area contributed by atoms with Crippen LogP contribution in [-0.4, -0.2) is 29.3 Å². The lowest BCUT2D eigenvalue weighted by Crippen LogP contribution is -2.48. The molecule has 1 atom stereocenters. The van der Waals surface area contributed by atoms with Gasteiger partial charge in [-0.1, -0.05) is 60.5 Å². The summed E-state index contributed by atoms with van der Waals surface area (Å²) in [4.78, 5) is 27.2. The predicted molar refractivity (Wildman–Crippen MR) is 110 cm³/mol. The first kappa shape index (κ1) is 21.0. The molecular formula is C22H27ClN2O2. The van der Waals surface area contributed by atoms with Gasteiger partial charge >= 0.3 is 0 Å². The van der Waals surface area contributed by atoms with E-state index in [0.29, 0.717) is 18.1 Å². The Morgan fingerprint density at radius 2 is 1.81 bits per heavy atom. The number of benzene rings is 2. The van der Waals surface area contributed by atoms with Crippen molar-refractivity contribution in [3.05, 3.63) is 70.2 Å². The lowest BCUT2D eigenvalue weighted by molar-refractivity contribution is -0.140. The summed E-state index contributed by atoms with van der Waals surface area (Å²) in [6.45, 7) is 6.78. The average molecular weight is 387 g/mol. The Morgan fingerprint density at radius 3 is 2.48 bits per heavy atom. The zero-order valence-corrected chi connectivity index (χ0v) is 16.9. The molecule has 2 rings (SSSR count). The van der Waals surface area contributed by atoms with E-state index in [0.717, 1.165) is 23.1 Å². The van der Waals surface area contributed by atoms with Crippen molar-refractivity contribution in [3.63, 3.8) is 0 Å². The Balaban J connectivity index is 2.21. The molecule has 0 saturated heterocycles. The van der Waals surface area contributed by atoms with Crippen molar-refractivity contribution in [2.24, 2.45) is 0 Å². The van der Waals surface area contributed by atoms with Crippen molar-refractivity contribution < 1.29 is 9.59 Å². The van der Waals surface area contributed by atoms with E-state index in [1.54, 1.807) is 24.0 Å². The fourth-order valence-corrected chi connectivity index (χ4v) is 3.12. The number of carbonyl (C=O) groups is 2. The predicted octanol–water partition coefficient (Wildman–Crippen LogP) is 4.13.